The van der Waals surface area contributed by atoms with Crippen molar-refractivity contribution in [3.63, 3.8) is 0 Å². The number of carbonyl (C=O) groups is 1. The Bertz CT molecular complexity index is 504. The third-order valence-electron chi connectivity index (χ3n) is 1.72. The van der Waals surface area contributed by atoms with Crippen molar-refractivity contribution >= 4 is 29.6 Å². The molecule has 0 unspecified atom stereocenters. The van der Waals surface area contributed by atoms with Gasteiger partial charge in [0.25, 0.3) is 0 Å². The molecule has 2 aromatic heterocycles. The van der Waals surface area contributed by atoms with E-state index in [0.29, 0.717) is 17.1 Å². The summed E-state index contributed by atoms with van der Waals surface area (Å²) in [5.74, 6) is 0. The average molecular weight is 208 g/mol. The van der Waals surface area contributed by atoms with Crippen molar-refractivity contribution in [2.24, 2.45) is 0 Å². The predicted octanol–water partition coefficient (Wildman–Crippen LogP) is 1.59. The first-order valence-electron chi connectivity index (χ1n) is 3.93. The van der Waals surface area contributed by atoms with E-state index in [1.165, 1.54) is 6.08 Å². The van der Waals surface area contributed by atoms with E-state index in [2.05, 4.69) is 10.1 Å². The van der Waals surface area contributed by atoms with Crippen LogP contribution in [-0.2, 0) is 4.79 Å². The molecule has 2 rings (SSSR count). The highest BCUT2D eigenvalue weighted by molar-refractivity contribution is 6.29. The first kappa shape index (κ1) is 8.90. The second-order valence-corrected chi connectivity index (χ2v) is 3.00. The van der Waals surface area contributed by atoms with E-state index < -0.39 is 0 Å². The Kier molecular flexibility index (Phi) is 2.28. The smallest absolute Gasteiger partial charge is 0.163 e. The van der Waals surface area contributed by atoms with E-state index in [4.69, 9.17) is 11.6 Å². The fraction of sp³-hybridized carbons (Fsp3) is 0. The Hall–Kier alpha value is -1.68. The van der Waals surface area contributed by atoms with E-state index in [-0.39, 0.29) is 0 Å². The van der Waals surface area contributed by atoms with Crippen molar-refractivity contribution in [2.45, 2.75) is 0 Å². The maximum absolute atomic E-state index is 10.1. The van der Waals surface area contributed by atoms with Crippen LogP contribution in [0.4, 0.5) is 0 Å². The van der Waals surface area contributed by atoms with Gasteiger partial charge in [-0.15, -0.1) is 0 Å². The number of halogens is 1. The molecule has 0 fully saturated rings. The predicted molar refractivity (Wildman–Crippen MR) is 53.1 cm³/mol. The van der Waals surface area contributed by atoms with Crippen molar-refractivity contribution in [3.8, 4) is 0 Å². The molecule has 0 aromatic carbocycles. The van der Waals surface area contributed by atoms with Gasteiger partial charge in [0.2, 0.25) is 0 Å². The Labute approximate surface area is 84.8 Å². The zero-order chi connectivity index (χ0) is 9.97. The molecule has 0 bridgehead atoms. The van der Waals surface area contributed by atoms with E-state index in [0.717, 1.165) is 5.56 Å². The summed E-state index contributed by atoms with van der Waals surface area (Å²) in [7, 11) is 0. The van der Waals surface area contributed by atoms with Crippen LogP contribution in [0.5, 0.6) is 0 Å². The number of nitrogens with zero attached hydrogens (tertiary/aromatic N) is 3. The SMILES string of the molecule is O=CC=Cc1cnn2ccc(Cl)nc12. The highest BCUT2D eigenvalue weighted by atomic mass is 35.5. The summed E-state index contributed by atoms with van der Waals surface area (Å²) in [4.78, 5) is 14.2. The van der Waals surface area contributed by atoms with Crippen LogP contribution in [-0.4, -0.2) is 20.9 Å². The molecule has 0 N–H and O–H groups in total. The molecule has 0 aliphatic rings. The van der Waals surface area contributed by atoms with Crippen LogP contribution in [0.25, 0.3) is 11.7 Å². The molecule has 4 nitrogen and oxygen atoms in total. The van der Waals surface area contributed by atoms with E-state index in [9.17, 15) is 4.79 Å². The standard InChI is InChI=1S/C9H6ClN3O/c10-8-3-4-13-9(12-8)7(6-11-13)2-1-5-14/h1-6H. The fourth-order valence-electron chi connectivity index (χ4n) is 1.13. The van der Waals surface area contributed by atoms with Gasteiger partial charge < -0.3 is 0 Å². The van der Waals surface area contributed by atoms with Crippen LogP contribution in [0.15, 0.2) is 24.5 Å². The highest BCUT2D eigenvalue weighted by Crippen LogP contribution is 2.12. The molecule has 70 valence electrons. The van der Waals surface area contributed by atoms with Gasteiger partial charge in [-0.1, -0.05) is 11.6 Å². The number of allylic oxidation sites excluding steroid dienone is 1. The summed E-state index contributed by atoms with van der Waals surface area (Å²) >= 11 is 5.74. The van der Waals surface area contributed by atoms with Crippen LogP contribution in [0.1, 0.15) is 5.56 Å². The molecule has 14 heavy (non-hydrogen) atoms. The summed E-state index contributed by atoms with van der Waals surface area (Å²) in [5, 5.41) is 4.44. The number of rotatable bonds is 2. The number of carbonyl (C=O) groups excluding carboxylic acids is 1. The number of hydrogen-bond donors (Lipinski definition) is 0. The lowest BCUT2D eigenvalue weighted by Crippen LogP contribution is -1.88. The Balaban J connectivity index is 2.60. The molecular weight excluding hydrogens is 202 g/mol. The van der Waals surface area contributed by atoms with Crippen LogP contribution < -0.4 is 0 Å². The summed E-state index contributed by atoms with van der Waals surface area (Å²) in [6.07, 6.45) is 7.06. The molecule has 0 amide bonds. The number of hydrogen-bond acceptors (Lipinski definition) is 3. The number of aromatic nitrogens is 3. The normalized spacial score (nSPS) is 11.2. The Morgan fingerprint density at radius 2 is 2.36 bits per heavy atom. The van der Waals surface area contributed by atoms with Gasteiger partial charge in [-0.05, 0) is 18.2 Å². The minimum atomic E-state index is 0.402. The lowest BCUT2D eigenvalue weighted by Gasteiger charge is -1.93. The summed E-state index contributed by atoms with van der Waals surface area (Å²) in [5.41, 5.74) is 1.40. The first-order valence-corrected chi connectivity index (χ1v) is 4.31. The van der Waals surface area contributed by atoms with Crippen molar-refractivity contribution < 1.29 is 4.79 Å². The quantitative estimate of drug-likeness (QED) is 0.427. The van der Waals surface area contributed by atoms with Crippen molar-refractivity contribution in [3.05, 3.63) is 35.3 Å². The zero-order valence-corrected chi connectivity index (χ0v) is 7.85. The molecule has 0 saturated carbocycles. The zero-order valence-electron chi connectivity index (χ0n) is 7.09. The van der Waals surface area contributed by atoms with Crippen LogP contribution in [0, 0.1) is 0 Å². The topological polar surface area (TPSA) is 47.3 Å². The van der Waals surface area contributed by atoms with Gasteiger partial charge in [0.1, 0.15) is 11.4 Å². The lowest BCUT2D eigenvalue weighted by atomic mass is 10.3. The maximum atomic E-state index is 10.1. The molecule has 2 heterocycles. The number of aldehydes is 1. The van der Waals surface area contributed by atoms with Crippen molar-refractivity contribution in [2.75, 3.05) is 0 Å². The van der Waals surface area contributed by atoms with E-state index in [1.807, 2.05) is 0 Å². The molecule has 0 atom stereocenters. The molecular formula is C9H6ClN3O. The molecule has 0 saturated heterocycles. The largest absolute Gasteiger partial charge is 0.299 e. The summed E-state index contributed by atoms with van der Waals surface area (Å²) in [6.45, 7) is 0. The summed E-state index contributed by atoms with van der Waals surface area (Å²) in [6, 6.07) is 1.65. The second kappa shape index (κ2) is 3.59. The van der Waals surface area contributed by atoms with Gasteiger partial charge in [-0.25, -0.2) is 9.50 Å². The van der Waals surface area contributed by atoms with Crippen LogP contribution in [0.3, 0.4) is 0 Å². The molecule has 5 heteroatoms. The van der Waals surface area contributed by atoms with Gasteiger partial charge in [-0.3, -0.25) is 4.79 Å². The average Bonchev–Trinajstić information content (AvgIpc) is 2.57. The van der Waals surface area contributed by atoms with Gasteiger partial charge in [0.05, 0.1) is 6.20 Å². The van der Waals surface area contributed by atoms with Crippen LogP contribution >= 0.6 is 11.6 Å². The third kappa shape index (κ3) is 1.52. The maximum Gasteiger partial charge on any atom is 0.163 e. The molecule has 0 radical (unpaired) electrons. The van der Waals surface area contributed by atoms with E-state index in [1.54, 1.807) is 29.1 Å². The van der Waals surface area contributed by atoms with Crippen LogP contribution in [0.2, 0.25) is 5.15 Å². The van der Waals surface area contributed by atoms with Gasteiger partial charge in [-0.2, -0.15) is 5.10 Å². The van der Waals surface area contributed by atoms with Gasteiger partial charge in [0, 0.05) is 11.8 Å². The molecule has 2 aromatic rings. The van der Waals surface area contributed by atoms with Crippen molar-refractivity contribution in [1.29, 1.82) is 0 Å². The van der Waals surface area contributed by atoms with Gasteiger partial charge in [0.15, 0.2) is 5.65 Å². The minimum absolute atomic E-state index is 0.402. The van der Waals surface area contributed by atoms with Gasteiger partial charge >= 0.3 is 0 Å². The Morgan fingerprint density at radius 1 is 1.50 bits per heavy atom. The number of fused-ring (bicyclic) bond motifs is 1. The molecule has 0 spiro atoms. The second-order valence-electron chi connectivity index (χ2n) is 2.61. The minimum Gasteiger partial charge on any atom is -0.299 e. The first-order chi connectivity index (χ1) is 6.81. The summed E-state index contributed by atoms with van der Waals surface area (Å²) < 4.78 is 1.59. The van der Waals surface area contributed by atoms with E-state index >= 15 is 0 Å². The Morgan fingerprint density at radius 3 is 3.14 bits per heavy atom. The fourth-order valence-corrected chi connectivity index (χ4v) is 1.26. The monoisotopic (exact) mass is 207 g/mol. The third-order valence-corrected chi connectivity index (χ3v) is 1.93. The lowest BCUT2D eigenvalue weighted by molar-refractivity contribution is -0.104. The molecule has 0 aliphatic heterocycles. The van der Waals surface area contributed by atoms with Crippen molar-refractivity contribution in [1.82, 2.24) is 14.6 Å². The molecule has 0 aliphatic carbocycles. The highest BCUT2D eigenvalue weighted by Gasteiger charge is 2.02.